The van der Waals surface area contributed by atoms with Crippen molar-refractivity contribution in [2.45, 2.75) is 57.1 Å². The van der Waals surface area contributed by atoms with Crippen LogP contribution in [0.4, 0.5) is 5.13 Å². The Morgan fingerprint density at radius 3 is 2.78 bits per heavy atom. The predicted molar refractivity (Wildman–Crippen MR) is 141 cm³/mol. The van der Waals surface area contributed by atoms with E-state index in [2.05, 4.69) is 17.2 Å². The molecule has 7 unspecified atom stereocenters. The number of nitrogens with zero attached hydrogens (tertiary/aromatic N) is 1. The van der Waals surface area contributed by atoms with Gasteiger partial charge >= 0.3 is 0 Å². The Balaban J connectivity index is 1.36. The molecular formula is C28H31ClN2O4S. The first-order valence-electron chi connectivity index (χ1n) is 12.6. The highest BCUT2D eigenvalue weighted by molar-refractivity contribution is 7.22. The summed E-state index contributed by atoms with van der Waals surface area (Å²) >= 11 is 8.41. The molecule has 0 aliphatic heterocycles. The Hall–Kier alpha value is -2.06. The third-order valence-corrected chi connectivity index (χ3v) is 11.3. The highest BCUT2D eigenvalue weighted by Gasteiger charge is 2.71. The Bertz CT molecular complexity index is 1300. The van der Waals surface area contributed by atoms with Crippen LogP contribution in [0.25, 0.3) is 10.2 Å². The van der Waals surface area contributed by atoms with Crippen LogP contribution in [0.15, 0.2) is 48.1 Å². The molecule has 3 saturated carbocycles. The minimum absolute atomic E-state index is 0.0460. The first-order chi connectivity index (χ1) is 17.0. The molecule has 0 spiro atoms. The van der Waals surface area contributed by atoms with Crippen molar-refractivity contribution in [2.75, 3.05) is 5.32 Å². The number of thiazole rings is 1. The molecule has 0 radical (unpaired) electrons. The van der Waals surface area contributed by atoms with Crippen molar-refractivity contribution in [1.82, 2.24) is 4.98 Å². The number of halogens is 1. The average Bonchev–Trinajstić information content (AvgIpc) is 3.31. The maximum absolute atomic E-state index is 13.8. The molecule has 4 aliphatic carbocycles. The Morgan fingerprint density at radius 1 is 1.28 bits per heavy atom. The van der Waals surface area contributed by atoms with Gasteiger partial charge < -0.3 is 10.2 Å². The maximum atomic E-state index is 13.8. The van der Waals surface area contributed by atoms with Gasteiger partial charge in [0.15, 0.2) is 16.5 Å². The van der Waals surface area contributed by atoms with Gasteiger partial charge in [-0.15, -0.1) is 11.6 Å². The molecule has 0 saturated heterocycles. The van der Waals surface area contributed by atoms with Crippen LogP contribution in [0.1, 0.15) is 40.0 Å². The van der Waals surface area contributed by atoms with Gasteiger partial charge in [0.05, 0.1) is 16.3 Å². The number of para-hydroxylation sites is 1. The van der Waals surface area contributed by atoms with Gasteiger partial charge in [-0.05, 0) is 61.3 Å². The van der Waals surface area contributed by atoms with Gasteiger partial charge in [0.25, 0.3) is 5.91 Å². The van der Waals surface area contributed by atoms with Gasteiger partial charge in [0.1, 0.15) is 0 Å². The van der Waals surface area contributed by atoms with E-state index in [1.807, 2.05) is 44.2 Å². The van der Waals surface area contributed by atoms with Crippen LogP contribution < -0.4 is 5.32 Å². The standard InChI is InChI=1S/C28H31ClN2O4S/c1-14-10-17-22-18(29)12-15-11-16(32)8-9-26(15,2)23(22)20(33)13-27(17,3)28(14,35)24(34)31-25-30-19-6-4-5-7-21(19)36-25/h4-9,11,14,17-18,20,22-23,33,35H,10,12-13H2,1-3H3,(H,30,31,34)/t14-,17?,18?,20?,22?,23?,26?,27?,28+/m1/s1. The fourth-order valence-corrected chi connectivity index (χ4v) is 9.54. The summed E-state index contributed by atoms with van der Waals surface area (Å²) in [5.74, 6) is -1.20. The summed E-state index contributed by atoms with van der Waals surface area (Å²) in [5.41, 5.74) is -1.26. The monoisotopic (exact) mass is 526 g/mol. The van der Waals surface area contributed by atoms with E-state index >= 15 is 0 Å². The smallest absolute Gasteiger partial charge is 0.258 e. The number of aromatic nitrogens is 1. The average molecular weight is 527 g/mol. The number of carbonyl (C=O) groups excluding carboxylic acids is 2. The molecule has 6 rings (SSSR count). The minimum Gasteiger partial charge on any atom is -0.393 e. The highest BCUT2D eigenvalue weighted by atomic mass is 35.5. The lowest BCUT2D eigenvalue weighted by molar-refractivity contribution is -0.179. The van der Waals surface area contributed by atoms with Gasteiger partial charge in [0.2, 0.25) is 0 Å². The number of benzene rings is 1. The molecule has 4 aliphatic rings. The van der Waals surface area contributed by atoms with Crippen LogP contribution in [0.3, 0.4) is 0 Å². The molecule has 3 N–H and O–H groups in total. The van der Waals surface area contributed by atoms with Crippen molar-refractivity contribution in [3.63, 3.8) is 0 Å². The fraction of sp³-hybridized carbons (Fsp3) is 0.536. The number of nitrogens with one attached hydrogen (secondary N) is 1. The zero-order chi connectivity index (χ0) is 25.6. The van der Waals surface area contributed by atoms with Crippen LogP contribution >= 0.6 is 22.9 Å². The van der Waals surface area contributed by atoms with Gasteiger partial charge in [-0.25, -0.2) is 4.98 Å². The van der Waals surface area contributed by atoms with Crippen molar-refractivity contribution in [2.24, 2.45) is 34.5 Å². The highest BCUT2D eigenvalue weighted by Crippen LogP contribution is 2.68. The second kappa shape index (κ2) is 7.97. The largest absolute Gasteiger partial charge is 0.393 e. The molecular weight excluding hydrogens is 496 g/mol. The predicted octanol–water partition coefficient (Wildman–Crippen LogP) is 4.71. The number of allylic oxidation sites excluding steroid dienone is 4. The molecule has 190 valence electrons. The number of anilines is 1. The van der Waals surface area contributed by atoms with Crippen molar-refractivity contribution >= 4 is 50.0 Å². The summed E-state index contributed by atoms with van der Waals surface area (Å²) in [6.45, 7) is 5.94. The molecule has 6 nitrogen and oxygen atoms in total. The second-order valence-electron chi connectivity index (χ2n) is 11.7. The van der Waals surface area contributed by atoms with Gasteiger partial charge in [0, 0.05) is 22.1 Å². The van der Waals surface area contributed by atoms with Crippen molar-refractivity contribution in [1.29, 1.82) is 0 Å². The molecule has 36 heavy (non-hydrogen) atoms. The third kappa shape index (κ3) is 3.12. The van der Waals surface area contributed by atoms with E-state index in [1.165, 1.54) is 11.3 Å². The molecule has 1 heterocycles. The molecule has 8 heteroatoms. The van der Waals surface area contributed by atoms with Crippen LogP contribution in [0.2, 0.25) is 0 Å². The number of aliphatic hydroxyl groups excluding tert-OH is 1. The number of fused-ring (bicyclic) bond motifs is 6. The van der Waals surface area contributed by atoms with Crippen LogP contribution in [0.5, 0.6) is 0 Å². The molecule has 1 aromatic carbocycles. The normalized spacial score (nSPS) is 43.5. The summed E-state index contributed by atoms with van der Waals surface area (Å²) in [6, 6.07) is 7.67. The lowest BCUT2D eigenvalue weighted by atomic mass is 9.46. The van der Waals surface area contributed by atoms with E-state index < -0.39 is 28.4 Å². The SMILES string of the molecule is C[C@@H]1CC2C3C(Cl)CC4=CC(=O)C=CC4(C)C3C(O)CC2(C)[C@@]1(O)C(=O)Nc1nc2ccccc2s1. The quantitative estimate of drug-likeness (QED) is 0.492. The van der Waals surface area contributed by atoms with E-state index in [9.17, 15) is 19.8 Å². The summed E-state index contributed by atoms with van der Waals surface area (Å²) in [6.07, 6.45) is 5.88. The first kappa shape index (κ1) is 24.3. The molecule has 0 bridgehead atoms. The maximum Gasteiger partial charge on any atom is 0.258 e. The molecule has 1 amide bonds. The number of hydrogen-bond donors (Lipinski definition) is 3. The fourth-order valence-electron chi connectivity index (χ4n) is 8.18. The van der Waals surface area contributed by atoms with Crippen LogP contribution in [-0.2, 0) is 9.59 Å². The number of ketones is 1. The number of alkyl halides is 1. The van der Waals surface area contributed by atoms with E-state index in [-0.39, 0.29) is 41.3 Å². The van der Waals surface area contributed by atoms with Crippen LogP contribution in [0, 0.1) is 34.5 Å². The topological polar surface area (TPSA) is 99.5 Å². The lowest BCUT2D eigenvalue weighted by Crippen LogP contribution is -2.64. The lowest BCUT2D eigenvalue weighted by Gasteiger charge is -2.60. The second-order valence-corrected chi connectivity index (χ2v) is 13.2. The van der Waals surface area contributed by atoms with Crippen LogP contribution in [-0.4, -0.2) is 44.0 Å². The van der Waals surface area contributed by atoms with E-state index in [4.69, 9.17) is 11.6 Å². The van der Waals surface area contributed by atoms with E-state index in [0.29, 0.717) is 18.0 Å². The Kier molecular flexibility index (Phi) is 5.38. The molecule has 2 aromatic rings. The van der Waals surface area contributed by atoms with Crippen molar-refractivity contribution in [3.8, 4) is 0 Å². The number of rotatable bonds is 2. The van der Waals surface area contributed by atoms with Gasteiger partial charge in [-0.1, -0.05) is 55.9 Å². The Morgan fingerprint density at radius 2 is 2.03 bits per heavy atom. The van der Waals surface area contributed by atoms with Crippen molar-refractivity contribution in [3.05, 3.63) is 48.1 Å². The zero-order valence-electron chi connectivity index (χ0n) is 20.6. The zero-order valence-corrected chi connectivity index (χ0v) is 22.1. The number of amides is 1. The Labute approximate surface area is 219 Å². The van der Waals surface area contributed by atoms with Crippen molar-refractivity contribution < 1.29 is 19.8 Å². The summed E-state index contributed by atoms with van der Waals surface area (Å²) < 4.78 is 0.961. The number of hydrogen-bond acceptors (Lipinski definition) is 6. The molecule has 3 fully saturated rings. The minimum atomic E-state index is -1.69. The third-order valence-electron chi connectivity index (χ3n) is 9.92. The number of carbonyl (C=O) groups is 2. The summed E-state index contributed by atoms with van der Waals surface area (Å²) in [7, 11) is 0. The first-order valence-corrected chi connectivity index (χ1v) is 13.9. The van der Waals surface area contributed by atoms with Gasteiger partial charge in [-0.3, -0.25) is 14.9 Å². The molecule has 1 aromatic heterocycles. The van der Waals surface area contributed by atoms with E-state index in [1.54, 1.807) is 12.2 Å². The number of aliphatic hydroxyl groups is 2. The summed E-state index contributed by atoms with van der Waals surface area (Å²) in [5, 5.41) is 26.9. The van der Waals surface area contributed by atoms with Gasteiger partial charge in [-0.2, -0.15) is 0 Å². The summed E-state index contributed by atoms with van der Waals surface area (Å²) in [4.78, 5) is 30.4. The molecule has 9 atom stereocenters. The van der Waals surface area contributed by atoms with E-state index in [0.717, 1.165) is 15.8 Å².